The Balaban J connectivity index is 1.21. The Morgan fingerprint density at radius 2 is 2.00 bits per heavy atom. The van der Waals surface area contributed by atoms with Crippen LogP contribution in [0.25, 0.3) is 11.8 Å². The maximum Gasteiger partial charge on any atom is 0.348 e. The first-order valence-corrected chi connectivity index (χ1v) is 16.5. The number of allylic oxidation sites excluding steroid dienone is 1. The summed E-state index contributed by atoms with van der Waals surface area (Å²) in [5.41, 5.74) is 1.37. The summed E-state index contributed by atoms with van der Waals surface area (Å²) in [6, 6.07) is 5.38. The van der Waals surface area contributed by atoms with Crippen molar-refractivity contribution < 1.29 is 33.0 Å². The molecule has 2 aromatic rings. The number of ether oxygens (including phenoxy) is 2. The molecule has 1 aromatic carbocycles. The monoisotopic (exact) mass is 624 g/mol. The standard InChI is InChI=1S/C34H38F2N2O5S/c1-19-11-13-42-29(19)30(40)43-34(31(41)44-18-35)12-10-25-24-9-4-21-14-26-20(17-37-38(26)23-7-5-22(36)6-8-23)15-32(21,2)28(24)27(39)16-33(25,34)3/h5-8,11,13-14,17,19,24-25,27-29,39H,4,9-10,12,15-16,18H2,1-3H3/t19?,24-,25-,27-,28+,29?,32-,33-,34-/m0/s1. The number of hydrogen-bond donors (Lipinski definition) is 1. The molecule has 5 aliphatic rings. The average Bonchev–Trinajstić information content (AvgIpc) is 3.67. The van der Waals surface area contributed by atoms with E-state index in [1.807, 2.05) is 24.7 Å². The van der Waals surface area contributed by atoms with Crippen molar-refractivity contribution in [3.05, 3.63) is 65.4 Å². The minimum Gasteiger partial charge on any atom is -0.486 e. The minimum atomic E-state index is -1.55. The molecule has 9 atom stereocenters. The van der Waals surface area contributed by atoms with Crippen LogP contribution in [0.3, 0.4) is 0 Å². The number of carbonyl (C=O) groups is 2. The number of aromatic nitrogens is 2. The van der Waals surface area contributed by atoms with Crippen molar-refractivity contribution in [2.24, 2.45) is 34.5 Å². The molecule has 44 heavy (non-hydrogen) atoms. The van der Waals surface area contributed by atoms with Crippen LogP contribution in [0.15, 0.2) is 48.4 Å². The zero-order valence-corrected chi connectivity index (χ0v) is 26.0. The zero-order valence-electron chi connectivity index (χ0n) is 25.2. The predicted octanol–water partition coefficient (Wildman–Crippen LogP) is 6.18. The topological polar surface area (TPSA) is 90.7 Å². The number of carbonyl (C=O) groups excluding carboxylic acids is 2. The van der Waals surface area contributed by atoms with Gasteiger partial charge in [-0.2, -0.15) is 5.10 Å². The van der Waals surface area contributed by atoms with E-state index in [9.17, 15) is 23.5 Å². The lowest BCUT2D eigenvalue weighted by atomic mass is 9.45. The summed E-state index contributed by atoms with van der Waals surface area (Å²) < 4.78 is 40.8. The molecule has 1 aromatic heterocycles. The number of alkyl halides is 1. The van der Waals surface area contributed by atoms with Gasteiger partial charge in [0.15, 0.2) is 5.60 Å². The van der Waals surface area contributed by atoms with Gasteiger partial charge in [0, 0.05) is 11.3 Å². The summed E-state index contributed by atoms with van der Waals surface area (Å²) in [6.45, 7) is 6.05. The first kappa shape index (κ1) is 29.7. The molecule has 0 saturated heterocycles. The normalized spacial score (nSPS) is 38.5. The highest BCUT2D eigenvalue weighted by molar-refractivity contribution is 8.13. The molecule has 234 valence electrons. The van der Waals surface area contributed by atoms with E-state index in [1.54, 1.807) is 18.2 Å². The van der Waals surface area contributed by atoms with Crippen molar-refractivity contribution in [1.82, 2.24) is 9.78 Å². The number of benzene rings is 1. The molecule has 0 amide bonds. The number of hydrogen-bond acceptors (Lipinski definition) is 7. The van der Waals surface area contributed by atoms with Crippen molar-refractivity contribution in [3.63, 3.8) is 0 Å². The van der Waals surface area contributed by atoms with Gasteiger partial charge in [-0.05, 0) is 115 Å². The van der Waals surface area contributed by atoms with Gasteiger partial charge in [0.05, 0.1) is 29.9 Å². The molecule has 4 aliphatic carbocycles. The molecule has 7 rings (SSSR count). The van der Waals surface area contributed by atoms with Gasteiger partial charge in [-0.15, -0.1) is 0 Å². The molecule has 2 heterocycles. The van der Waals surface area contributed by atoms with Crippen molar-refractivity contribution in [1.29, 1.82) is 0 Å². The number of fused-ring (bicyclic) bond motifs is 6. The van der Waals surface area contributed by atoms with Gasteiger partial charge in [-0.3, -0.25) is 4.79 Å². The van der Waals surface area contributed by atoms with Gasteiger partial charge >= 0.3 is 5.97 Å². The molecule has 3 fully saturated rings. The fourth-order valence-corrected chi connectivity index (χ4v) is 10.4. The van der Waals surface area contributed by atoms with Crippen LogP contribution < -0.4 is 0 Å². The molecule has 1 aliphatic heterocycles. The highest BCUT2D eigenvalue weighted by atomic mass is 32.2. The van der Waals surface area contributed by atoms with Crippen LogP contribution in [0.5, 0.6) is 0 Å². The van der Waals surface area contributed by atoms with Crippen LogP contribution in [0.2, 0.25) is 0 Å². The Morgan fingerprint density at radius 1 is 1.23 bits per heavy atom. The molecule has 7 nitrogen and oxygen atoms in total. The van der Waals surface area contributed by atoms with Gasteiger partial charge in [0.2, 0.25) is 11.2 Å². The number of nitrogens with zero attached hydrogens (tertiary/aromatic N) is 2. The van der Waals surface area contributed by atoms with Crippen LogP contribution in [-0.4, -0.2) is 49.8 Å². The number of thioether (sulfide) groups is 1. The number of rotatable bonds is 5. The van der Waals surface area contributed by atoms with Crippen LogP contribution in [-0.2, 0) is 25.5 Å². The number of esters is 1. The lowest BCUT2D eigenvalue weighted by Gasteiger charge is -2.60. The van der Waals surface area contributed by atoms with Gasteiger partial charge in [0.1, 0.15) is 11.8 Å². The molecule has 0 spiro atoms. The van der Waals surface area contributed by atoms with E-state index >= 15 is 0 Å². The van der Waals surface area contributed by atoms with E-state index in [0.717, 1.165) is 29.8 Å². The molecule has 0 bridgehead atoms. The summed E-state index contributed by atoms with van der Waals surface area (Å²) in [6.07, 6.45) is 9.28. The third-order valence-corrected chi connectivity index (χ3v) is 12.4. The van der Waals surface area contributed by atoms with Crippen molar-refractivity contribution in [2.45, 2.75) is 77.1 Å². The lowest BCUT2D eigenvalue weighted by molar-refractivity contribution is -0.202. The highest BCUT2D eigenvalue weighted by Crippen LogP contribution is 2.69. The van der Waals surface area contributed by atoms with Gasteiger partial charge in [-0.25, -0.2) is 18.3 Å². The number of aliphatic hydroxyl groups is 1. The Bertz CT molecular complexity index is 1560. The second-order valence-electron chi connectivity index (χ2n) is 13.8. The summed E-state index contributed by atoms with van der Waals surface area (Å²) in [4.78, 5) is 27.2. The molecule has 0 radical (unpaired) electrons. The SMILES string of the molecule is CC1C=COC1C(=O)O[C@]1(C(=O)SCF)CC[C@H]2[C@@H]3CCC4=Cc5c(cnn5-c5ccc(F)cc5)C[C@]4(C)[C@H]3[C@@H](O)C[C@@]21C. The van der Waals surface area contributed by atoms with E-state index in [4.69, 9.17) is 9.47 Å². The largest absolute Gasteiger partial charge is 0.486 e. The molecular weight excluding hydrogens is 586 g/mol. The van der Waals surface area contributed by atoms with Crippen LogP contribution in [0.4, 0.5) is 8.78 Å². The smallest absolute Gasteiger partial charge is 0.348 e. The molecule has 10 heteroatoms. The second kappa shape index (κ2) is 10.5. The van der Waals surface area contributed by atoms with Gasteiger partial charge < -0.3 is 14.6 Å². The maximum atomic E-state index is 13.8. The molecule has 1 N–H and O–H groups in total. The van der Waals surface area contributed by atoms with Crippen molar-refractivity contribution >= 4 is 28.9 Å². The molecular formula is C34H38F2N2O5S. The second-order valence-corrected chi connectivity index (χ2v) is 14.7. The Morgan fingerprint density at radius 3 is 2.70 bits per heavy atom. The molecule has 3 saturated carbocycles. The van der Waals surface area contributed by atoms with E-state index in [1.165, 1.54) is 24.0 Å². The van der Waals surface area contributed by atoms with Crippen LogP contribution in [0, 0.1) is 40.3 Å². The fourth-order valence-electron chi connectivity index (χ4n) is 9.65. The van der Waals surface area contributed by atoms with Gasteiger partial charge in [0.25, 0.3) is 0 Å². The Labute approximate surface area is 260 Å². The van der Waals surface area contributed by atoms with E-state index in [2.05, 4.69) is 18.1 Å². The quantitative estimate of drug-likeness (QED) is 0.398. The number of halogens is 2. The van der Waals surface area contributed by atoms with Crippen molar-refractivity contribution in [3.8, 4) is 5.69 Å². The highest BCUT2D eigenvalue weighted by Gasteiger charge is 2.71. The Kier molecular flexibility index (Phi) is 7.12. The van der Waals surface area contributed by atoms with Gasteiger partial charge in [-0.1, -0.05) is 26.3 Å². The first-order chi connectivity index (χ1) is 21.0. The van der Waals surface area contributed by atoms with Crippen LogP contribution in [0.1, 0.15) is 64.1 Å². The van der Waals surface area contributed by atoms with Crippen LogP contribution >= 0.6 is 11.8 Å². The summed E-state index contributed by atoms with van der Waals surface area (Å²) >= 11 is 0.548. The van der Waals surface area contributed by atoms with Crippen molar-refractivity contribution in [2.75, 3.05) is 6.01 Å². The van der Waals surface area contributed by atoms with E-state index in [0.29, 0.717) is 31.0 Å². The third kappa shape index (κ3) is 4.19. The minimum absolute atomic E-state index is 0.00890. The summed E-state index contributed by atoms with van der Waals surface area (Å²) in [5, 5.41) is 16.2. The first-order valence-electron chi connectivity index (χ1n) is 15.5. The Hall–Kier alpha value is -2.98. The zero-order chi connectivity index (χ0) is 31.0. The third-order valence-electron chi connectivity index (χ3n) is 11.7. The fraction of sp³-hybridized carbons (Fsp3) is 0.559. The summed E-state index contributed by atoms with van der Waals surface area (Å²) in [5.74, 6) is -1.09. The summed E-state index contributed by atoms with van der Waals surface area (Å²) in [7, 11) is 0. The van der Waals surface area contributed by atoms with E-state index < -0.39 is 40.3 Å². The maximum absolute atomic E-state index is 13.8. The molecule has 2 unspecified atom stereocenters. The van der Waals surface area contributed by atoms with E-state index in [-0.39, 0.29) is 41.3 Å². The average molecular weight is 625 g/mol. The number of aliphatic hydroxyl groups excluding tert-OH is 1. The predicted molar refractivity (Wildman–Crippen MR) is 162 cm³/mol. The lowest BCUT2D eigenvalue weighted by Crippen LogP contribution is -2.63.